The molecule has 1 aliphatic rings. The largest absolute Gasteiger partial charge is 0.416 e. The van der Waals surface area contributed by atoms with Crippen LogP contribution in [0.15, 0.2) is 18.2 Å². The number of halogens is 3. The van der Waals surface area contributed by atoms with E-state index in [1.54, 1.807) is 4.90 Å². The lowest BCUT2D eigenvalue weighted by Gasteiger charge is -2.26. The molecule has 7 nitrogen and oxygen atoms in total. The SMILES string of the molecule is O=C(CCNc1ccc(C(F)(F)F)cc1[N+](=O)[O-])N1CCOCC1. The van der Waals surface area contributed by atoms with Crippen LogP contribution in [0.4, 0.5) is 24.5 Å². The summed E-state index contributed by atoms with van der Waals surface area (Å²) in [7, 11) is 0. The lowest BCUT2D eigenvalue weighted by atomic mass is 10.1. The summed E-state index contributed by atoms with van der Waals surface area (Å²) in [6.45, 7) is 1.98. The number of alkyl halides is 3. The van der Waals surface area contributed by atoms with Gasteiger partial charge in [-0.25, -0.2) is 0 Å². The van der Waals surface area contributed by atoms with Crippen LogP contribution in [0.5, 0.6) is 0 Å². The van der Waals surface area contributed by atoms with Gasteiger partial charge in [-0.1, -0.05) is 0 Å². The van der Waals surface area contributed by atoms with Crippen LogP contribution >= 0.6 is 0 Å². The Labute approximate surface area is 135 Å². The van der Waals surface area contributed by atoms with Gasteiger partial charge in [0.05, 0.1) is 23.7 Å². The second-order valence-corrected chi connectivity index (χ2v) is 5.16. The molecule has 1 aromatic rings. The van der Waals surface area contributed by atoms with Crippen LogP contribution < -0.4 is 5.32 Å². The molecule has 1 aromatic carbocycles. The Hall–Kier alpha value is -2.36. The minimum absolute atomic E-state index is 0.0530. The van der Waals surface area contributed by atoms with Crippen LogP contribution in [-0.4, -0.2) is 48.6 Å². The third-order valence-corrected chi connectivity index (χ3v) is 3.54. The highest BCUT2D eigenvalue weighted by atomic mass is 19.4. The van der Waals surface area contributed by atoms with Crippen LogP contribution in [-0.2, 0) is 15.7 Å². The molecule has 1 heterocycles. The molecule has 0 radical (unpaired) electrons. The number of nitrogens with one attached hydrogen (secondary N) is 1. The zero-order valence-corrected chi connectivity index (χ0v) is 12.6. The molecule has 0 bridgehead atoms. The predicted octanol–water partition coefficient (Wildman–Crippen LogP) is 2.27. The molecule has 0 unspecified atom stereocenters. The van der Waals surface area contributed by atoms with Crippen molar-refractivity contribution in [2.24, 2.45) is 0 Å². The number of benzene rings is 1. The molecule has 0 aliphatic carbocycles. The van der Waals surface area contributed by atoms with Crippen LogP contribution in [0.25, 0.3) is 0 Å². The first-order chi connectivity index (χ1) is 11.3. The summed E-state index contributed by atoms with van der Waals surface area (Å²) >= 11 is 0. The molecule has 0 atom stereocenters. The number of amides is 1. The molecule has 132 valence electrons. The van der Waals surface area contributed by atoms with Crippen LogP contribution in [0.3, 0.4) is 0 Å². The summed E-state index contributed by atoms with van der Waals surface area (Å²) in [6, 6.07) is 2.24. The Morgan fingerprint density at radius 1 is 1.33 bits per heavy atom. The Morgan fingerprint density at radius 2 is 2.00 bits per heavy atom. The van der Waals surface area contributed by atoms with Crippen molar-refractivity contribution in [1.82, 2.24) is 4.90 Å². The smallest absolute Gasteiger partial charge is 0.379 e. The van der Waals surface area contributed by atoms with Crippen molar-refractivity contribution in [3.8, 4) is 0 Å². The number of nitrogens with zero attached hydrogens (tertiary/aromatic N) is 2. The summed E-state index contributed by atoms with van der Waals surface area (Å²) in [5, 5.41) is 13.6. The van der Waals surface area contributed by atoms with E-state index in [4.69, 9.17) is 4.74 Å². The lowest BCUT2D eigenvalue weighted by Crippen LogP contribution is -2.41. The maximum absolute atomic E-state index is 12.6. The third kappa shape index (κ3) is 4.57. The van der Waals surface area contributed by atoms with E-state index in [1.807, 2.05) is 0 Å². The van der Waals surface area contributed by atoms with Crippen molar-refractivity contribution in [3.63, 3.8) is 0 Å². The molecular weight excluding hydrogens is 331 g/mol. The van der Waals surface area contributed by atoms with Crippen LogP contribution in [0, 0.1) is 10.1 Å². The van der Waals surface area contributed by atoms with Crippen molar-refractivity contribution in [2.75, 3.05) is 38.2 Å². The summed E-state index contributed by atoms with van der Waals surface area (Å²) in [5.41, 5.74) is -1.82. The zero-order chi connectivity index (χ0) is 17.7. The maximum Gasteiger partial charge on any atom is 0.416 e. The van der Waals surface area contributed by atoms with Crippen molar-refractivity contribution in [2.45, 2.75) is 12.6 Å². The molecule has 2 rings (SSSR count). The molecule has 1 saturated heterocycles. The van der Waals surface area contributed by atoms with Gasteiger partial charge in [-0.2, -0.15) is 13.2 Å². The molecule has 10 heteroatoms. The monoisotopic (exact) mass is 347 g/mol. The average molecular weight is 347 g/mol. The van der Waals surface area contributed by atoms with Gasteiger partial charge < -0.3 is 15.0 Å². The molecule has 24 heavy (non-hydrogen) atoms. The first-order valence-electron chi connectivity index (χ1n) is 7.24. The number of nitro groups is 1. The van der Waals surface area contributed by atoms with Gasteiger partial charge in [-0.05, 0) is 12.1 Å². The van der Waals surface area contributed by atoms with E-state index in [9.17, 15) is 28.1 Å². The number of anilines is 1. The molecule has 1 N–H and O–H groups in total. The number of carbonyl (C=O) groups is 1. The van der Waals surface area contributed by atoms with Gasteiger partial charge in [0.15, 0.2) is 0 Å². The highest BCUT2D eigenvalue weighted by Crippen LogP contribution is 2.34. The van der Waals surface area contributed by atoms with Gasteiger partial charge >= 0.3 is 6.18 Å². The second kappa shape index (κ2) is 7.47. The fourth-order valence-corrected chi connectivity index (χ4v) is 2.28. The minimum Gasteiger partial charge on any atom is -0.379 e. The normalized spacial score (nSPS) is 15.2. The van der Waals surface area contributed by atoms with E-state index >= 15 is 0 Å². The van der Waals surface area contributed by atoms with Crippen molar-refractivity contribution < 1.29 is 27.6 Å². The van der Waals surface area contributed by atoms with Crippen molar-refractivity contribution in [3.05, 3.63) is 33.9 Å². The summed E-state index contributed by atoms with van der Waals surface area (Å²) in [5.74, 6) is -0.139. The van der Waals surface area contributed by atoms with E-state index in [-0.39, 0.29) is 24.6 Å². The predicted molar refractivity (Wildman–Crippen MR) is 78.6 cm³/mol. The quantitative estimate of drug-likeness (QED) is 0.652. The topological polar surface area (TPSA) is 84.7 Å². The van der Waals surface area contributed by atoms with Crippen molar-refractivity contribution >= 4 is 17.3 Å². The number of hydrogen-bond donors (Lipinski definition) is 1. The first kappa shape index (κ1) is 18.0. The van der Waals surface area contributed by atoms with Gasteiger partial charge in [-0.3, -0.25) is 14.9 Å². The highest BCUT2D eigenvalue weighted by molar-refractivity contribution is 5.77. The third-order valence-electron chi connectivity index (χ3n) is 3.54. The van der Waals surface area contributed by atoms with Crippen LogP contribution in [0.1, 0.15) is 12.0 Å². The molecule has 0 spiro atoms. The Balaban J connectivity index is 1.98. The van der Waals surface area contributed by atoms with Crippen LogP contribution in [0.2, 0.25) is 0 Å². The van der Waals surface area contributed by atoms with E-state index in [0.717, 1.165) is 12.1 Å². The Bertz CT molecular complexity index is 616. The van der Waals surface area contributed by atoms with Crippen molar-refractivity contribution in [1.29, 1.82) is 0 Å². The molecule has 1 aliphatic heterocycles. The zero-order valence-electron chi connectivity index (χ0n) is 12.6. The maximum atomic E-state index is 12.6. The Morgan fingerprint density at radius 3 is 2.58 bits per heavy atom. The van der Waals surface area contributed by atoms with Gasteiger partial charge in [0.2, 0.25) is 5.91 Å². The fraction of sp³-hybridized carbons (Fsp3) is 0.500. The number of rotatable bonds is 5. The molecule has 0 saturated carbocycles. The number of carbonyl (C=O) groups excluding carboxylic acids is 1. The van der Waals surface area contributed by atoms with Gasteiger partial charge in [-0.15, -0.1) is 0 Å². The van der Waals surface area contributed by atoms with E-state index in [0.29, 0.717) is 32.4 Å². The second-order valence-electron chi connectivity index (χ2n) is 5.16. The number of morpholine rings is 1. The Kier molecular flexibility index (Phi) is 5.60. The molecule has 1 amide bonds. The van der Waals surface area contributed by atoms with Gasteiger partial charge in [0, 0.05) is 32.1 Å². The first-order valence-corrected chi connectivity index (χ1v) is 7.24. The highest BCUT2D eigenvalue weighted by Gasteiger charge is 2.33. The fourth-order valence-electron chi connectivity index (χ4n) is 2.28. The summed E-state index contributed by atoms with van der Waals surface area (Å²) < 4.78 is 43.0. The van der Waals surface area contributed by atoms with E-state index in [2.05, 4.69) is 5.32 Å². The van der Waals surface area contributed by atoms with Gasteiger partial charge in [0.25, 0.3) is 5.69 Å². The van der Waals surface area contributed by atoms with E-state index in [1.165, 1.54) is 0 Å². The molecule has 1 fully saturated rings. The number of nitro benzene ring substituents is 1. The average Bonchev–Trinajstić information content (AvgIpc) is 2.54. The standard InChI is InChI=1S/C14H16F3N3O4/c15-14(16,17)10-1-2-11(12(9-10)20(22)23)18-4-3-13(21)19-5-7-24-8-6-19/h1-2,9,18H,3-8H2. The van der Waals surface area contributed by atoms with E-state index < -0.39 is 22.4 Å². The number of ether oxygens (including phenoxy) is 1. The minimum atomic E-state index is -4.66. The molecular formula is C14H16F3N3O4. The lowest BCUT2D eigenvalue weighted by molar-refractivity contribution is -0.384. The summed E-state index contributed by atoms with van der Waals surface area (Å²) in [6.07, 6.45) is -4.58. The number of hydrogen-bond acceptors (Lipinski definition) is 5. The molecule has 0 aromatic heterocycles. The van der Waals surface area contributed by atoms with Gasteiger partial charge in [0.1, 0.15) is 5.69 Å². The summed E-state index contributed by atoms with van der Waals surface area (Å²) in [4.78, 5) is 23.6.